The van der Waals surface area contributed by atoms with Gasteiger partial charge in [0.2, 0.25) is 10.0 Å². The molecule has 10 heteroatoms. The van der Waals surface area contributed by atoms with E-state index in [1.54, 1.807) is 6.07 Å². The molecular formula is C30H39ClN4O4S. The highest BCUT2D eigenvalue weighted by Crippen LogP contribution is 2.47. The number of amides is 1. The maximum Gasteiger partial charge on any atom is 0.264 e. The summed E-state index contributed by atoms with van der Waals surface area (Å²) in [5.74, 6) is 0.640. The second-order valence-corrected chi connectivity index (χ2v) is 13.2. The summed E-state index contributed by atoms with van der Waals surface area (Å²) >= 11 is 5.68. The smallest absolute Gasteiger partial charge is 0.264 e. The fraction of sp³-hybridized carbons (Fsp3) is 0.500. The lowest BCUT2D eigenvalue weighted by Gasteiger charge is -2.32. The van der Waals surface area contributed by atoms with Gasteiger partial charge in [0.1, 0.15) is 12.4 Å². The van der Waals surface area contributed by atoms with Crippen LogP contribution in [-0.4, -0.2) is 68.2 Å². The zero-order valence-corrected chi connectivity index (χ0v) is 24.6. The third-order valence-electron chi connectivity index (χ3n) is 8.25. The summed E-state index contributed by atoms with van der Waals surface area (Å²) in [6.45, 7) is 2.43. The van der Waals surface area contributed by atoms with Crippen LogP contribution in [0.3, 0.4) is 0 Å². The number of hydrogen-bond donors (Lipinski definition) is 2. The summed E-state index contributed by atoms with van der Waals surface area (Å²) in [7, 11) is -1.71. The molecule has 1 saturated carbocycles. The number of halogens is 1. The molecule has 0 bridgehead atoms. The Bertz CT molecular complexity index is 1470. The zero-order valence-electron chi connectivity index (χ0n) is 23.1. The molecule has 5 rings (SSSR count). The summed E-state index contributed by atoms with van der Waals surface area (Å²) in [6, 6.07) is 13.8. The van der Waals surface area contributed by atoms with E-state index in [2.05, 4.69) is 27.3 Å². The Hall–Kier alpha value is -2.59. The molecule has 0 radical (unpaired) electrons. The number of benzene rings is 2. The van der Waals surface area contributed by atoms with Crippen molar-refractivity contribution in [3.8, 4) is 17.0 Å². The number of ether oxygens (including phenoxy) is 1. The number of para-hydroxylation sites is 1. The first-order chi connectivity index (χ1) is 19.3. The van der Waals surface area contributed by atoms with Crippen LogP contribution >= 0.6 is 11.6 Å². The van der Waals surface area contributed by atoms with E-state index in [1.165, 1.54) is 24.8 Å². The molecule has 1 atom stereocenters. The molecule has 8 nitrogen and oxygen atoms in total. The Balaban J connectivity index is 1.69. The van der Waals surface area contributed by atoms with E-state index < -0.39 is 15.9 Å². The minimum absolute atomic E-state index is 0.0545. The number of hydrogen-bond acceptors (Lipinski definition) is 6. The number of carbonyl (C=O) groups is 1. The molecule has 3 aromatic rings. The average Bonchev–Trinajstić information content (AvgIpc) is 3.25. The van der Waals surface area contributed by atoms with Crippen LogP contribution in [0.2, 0.25) is 0 Å². The van der Waals surface area contributed by atoms with Crippen molar-refractivity contribution in [3.05, 3.63) is 53.6 Å². The van der Waals surface area contributed by atoms with Crippen LogP contribution < -0.4 is 15.2 Å². The second kappa shape index (κ2) is 12.5. The van der Waals surface area contributed by atoms with Gasteiger partial charge in [-0.15, -0.1) is 11.6 Å². The van der Waals surface area contributed by atoms with Crippen molar-refractivity contribution in [3.63, 3.8) is 0 Å². The molecule has 0 spiro atoms. The summed E-state index contributed by atoms with van der Waals surface area (Å²) in [5.41, 5.74) is 10.6. The van der Waals surface area contributed by atoms with Gasteiger partial charge in [0, 0.05) is 47.5 Å². The van der Waals surface area contributed by atoms with Crippen molar-refractivity contribution >= 4 is 38.4 Å². The Morgan fingerprint density at radius 3 is 2.70 bits per heavy atom. The van der Waals surface area contributed by atoms with E-state index >= 15 is 0 Å². The molecule has 1 aromatic heterocycles. The van der Waals surface area contributed by atoms with Gasteiger partial charge >= 0.3 is 0 Å². The van der Waals surface area contributed by atoms with Crippen LogP contribution in [0, 0.1) is 0 Å². The maximum absolute atomic E-state index is 13.1. The van der Waals surface area contributed by atoms with Crippen LogP contribution in [0.1, 0.15) is 60.4 Å². The molecule has 0 saturated heterocycles. The molecule has 40 heavy (non-hydrogen) atoms. The normalized spacial score (nSPS) is 18.1. The zero-order chi connectivity index (χ0) is 28.3. The molecule has 1 aliphatic heterocycles. The van der Waals surface area contributed by atoms with Gasteiger partial charge in [-0.25, -0.2) is 13.1 Å². The largest absolute Gasteiger partial charge is 0.491 e. The van der Waals surface area contributed by atoms with Gasteiger partial charge in [0.25, 0.3) is 5.91 Å². The van der Waals surface area contributed by atoms with Crippen LogP contribution in [-0.2, 0) is 16.6 Å². The molecular weight excluding hydrogens is 548 g/mol. The number of likely N-dealkylation sites (N-methyl/N-ethyl adjacent to an activating group) is 1. The van der Waals surface area contributed by atoms with Crippen molar-refractivity contribution in [2.24, 2.45) is 5.73 Å². The minimum atomic E-state index is -3.78. The number of sulfonamides is 1. The van der Waals surface area contributed by atoms with E-state index in [9.17, 15) is 13.2 Å². The van der Waals surface area contributed by atoms with Crippen LogP contribution in [0.5, 0.6) is 5.75 Å². The summed E-state index contributed by atoms with van der Waals surface area (Å²) in [6.07, 6.45) is 6.15. The molecule has 2 aliphatic rings. The predicted octanol–water partition coefficient (Wildman–Crippen LogP) is 4.70. The van der Waals surface area contributed by atoms with E-state index in [4.69, 9.17) is 22.1 Å². The van der Waals surface area contributed by atoms with Gasteiger partial charge < -0.3 is 15.0 Å². The van der Waals surface area contributed by atoms with Crippen molar-refractivity contribution in [2.45, 2.75) is 57.0 Å². The van der Waals surface area contributed by atoms with Crippen molar-refractivity contribution in [1.29, 1.82) is 0 Å². The number of alkyl halides is 1. The van der Waals surface area contributed by atoms with Gasteiger partial charge in [0.05, 0.1) is 17.5 Å². The second-order valence-electron chi connectivity index (χ2n) is 11.0. The SMILES string of the molecule is CN(CCN)[C@H]1COc2ccccc2-c2c(C3CCCCC3)c3ccc(C(=O)NS(=O)(=O)CCCCl)cc3n2C1. The summed E-state index contributed by atoms with van der Waals surface area (Å²) < 4.78 is 35.9. The van der Waals surface area contributed by atoms with Gasteiger partial charge in [-0.05, 0) is 62.1 Å². The van der Waals surface area contributed by atoms with E-state index in [0.29, 0.717) is 31.2 Å². The Morgan fingerprint density at radius 1 is 1.18 bits per heavy atom. The fourth-order valence-corrected chi connectivity index (χ4v) is 7.51. The minimum Gasteiger partial charge on any atom is -0.491 e. The van der Waals surface area contributed by atoms with Crippen molar-refractivity contribution < 1.29 is 17.9 Å². The molecule has 2 heterocycles. The standard InChI is InChI=1S/C30H39ClN4O4S/c1-34(16-15-32)23-19-35-26-18-22(30(36)33-40(37,38)17-7-14-31)12-13-24(26)28(21-8-3-2-4-9-21)29(35)25-10-5-6-11-27(25)39-20-23/h5-6,10-13,18,21,23H,2-4,7-9,14-17,19-20,32H2,1H3,(H,33,36)/t23-/m1/s1. The highest BCUT2D eigenvalue weighted by Gasteiger charge is 2.31. The maximum atomic E-state index is 13.1. The van der Waals surface area contributed by atoms with Crippen LogP contribution in [0.4, 0.5) is 0 Å². The fourth-order valence-electron chi connectivity index (χ4n) is 6.19. The first-order valence-corrected chi connectivity index (χ1v) is 16.4. The Kier molecular flexibility index (Phi) is 9.05. The highest BCUT2D eigenvalue weighted by molar-refractivity contribution is 7.90. The van der Waals surface area contributed by atoms with Gasteiger partial charge in [-0.3, -0.25) is 9.69 Å². The van der Waals surface area contributed by atoms with E-state index in [-0.39, 0.29) is 24.1 Å². The molecule has 2 aromatic carbocycles. The quantitative estimate of drug-likeness (QED) is 0.352. The third-order valence-corrected chi connectivity index (χ3v) is 9.84. The van der Waals surface area contributed by atoms with E-state index in [0.717, 1.165) is 47.3 Å². The lowest BCUT2D eigenvalue weighted by atomic mass is 9.81. The van der Waals surface area contributed by atoms with Gasteiger partial charge in [-0.2, -0.15) is 0 Å². The van der Waals surface area contributed by atoms with E-state index in [1.807, 2.05) is 30.3 Å². The average molecular weight is 587 g/mol. The van der Waals surface area contributed by atoms with Gasteiger partial charge in [0.15, 0.2) is 0 Å². The molecule has 216 valence electrons. The lowest BCUT2D eigenvalue weighted by molar-refractivity contribution is 0.0981. The van der Waals surface area contributed by atoms with Crippen LogP contribution in [0.15, 0.2) is 42.5 Å². The van der Waals surface area contributed by atoms with Crippen molar-refractivity contribution in [2.75, 3.05) is 38.4 Å². The molecule has 1 amide bonds. The number of aromatic nitrogens is 1. The number of rotatable bonds is 9. The van der Waals surface area contributed by atoms with Gasteiger partial charge in [-0.1, -0.05) is 37.5 Å². The van der Waals surface area contributed by atoms with Crippen LogP contribution in [0.25, 0.3) is 22.2 Å². The lowest BCUT2D eigenvalue weighted by Crippen LogP contribution is -2.43. The number of nitrogens with one attached hydrogen (secondary N) is 1. The summed E-state index contributed by atoms with van der Waals surface area (Å²) in [4.78, 5) is 15.4. The molecule has 3 N–H and O–H groups in total. The predicted molar refractivity (Wildman–Crippen MR) is 161 cm³/mol. The first kappa shape index (κ1) is 28.9. The molecule has 0 unspecified atom stereocenters. The van der Waals surface area contributed by atoms with Crippen molar-refractivity contribution in [1.82, 2.24) is 14.2 Å². The topological polar surface area (TPSA) is 107 Å². The highest BCUT2D eigenvalue weighted by atomic mass is 35.5. The monoisotopic (exact) mass is 586 g/mol. The third kappa shape index (κ3) is 6.03. The number of carbonyl (C=O) groups excluding carboxylic acids is 1. The number of nitrogens with zero attached hydrogens (tertiary/aromatic N) is 2. The first-order valence-electron chi connectivity index (χ1n) is 14.2. The molecule has 1 aliphatic carbocycles. The Morgan fingerprint density at radius 2 is 1.95 bits per heavy atom. The number of fused-ring (bicyclic) bond motifs is 5. The summed E-state index contributed by atoms with van der Waals surface area (Å²) in [5, 5.41) is 1.11. The Labute approximate surface area is 241 Å². The molecule has 1 fully saturated rings. The number of nitrogens with two attached hydrogens (primary N) is 1.